The second-order valence-corrected chi connectivity index (χ2v) is 19.3. The molecule has 2 unspecified atom stereocenters. The third kappa shape index (κ3) is 8.28. The average Bonchev–Trinajstić information content (AvgIpc) is 3.96. The highest BCUT2D eigenvalue weighted by Gasteiger charge is 2.55. The van der Waals surface area contributed by atoms with Gasteiger partial charge in [-0.05, 0) is 102 Å². The molecule has 15 nitrogen and oxygen atoms in total. The van der Waals surface area contributed by atoms with Gasteiger partial charge in [-0.15, -0.1) is 0 Å². The number of rotatable bonds is 11. The van der Waals surface area contributed by atoms with Gasteiger partial charge in [0, 0.05) is 43.0 Å². The molecule has 10 rings (SSSR count). The van der Waals surface area contributed by atoms with Gasteiger partial charge in [-0.25, -0.2) is 19.6 Å². The zero-order valence-electron chi connectivity index (χ0n) is 38.6. The van der Waals surface area contributed by atoms with E-state index in [2.05, 4.69) is 20.6 Å². The molecule has 1 spiro atoms. The molecule has 17 heteroatoms. The van der Waals surface area contributed by atoms with Crippen molar-refractivity contribution in [1.82, 2.24) is 40.4 Å². The van der Waals surface area contributed by atoms with Gasteiger partial charge in [0.05, 0.1) is 50.1 Å². The smallest absolute Gasteiger partial charge is 0.407 e. The van der Waals surface area contributed by atoms with Crippen molar-refractivity contribution in [2.45, 2.75) is 88.9 Å². The standard InChI is InChI=1S/C51H56F2N8O7/c1-28(2)42(58-48(64)66-3)46(62)61-27-50(17-18-50)24-41(61)45-55-26-39(57-45)33-12-14-35-34-13-11-32(22-36(34)51(52,53)37(35)23-33)29-7-9-30(10-8-29)38-25-54-44(56-38)40-6-5-19-60(40)47(63)43(59-49(65)67-4)31-15-20-68-21-16-31/h7-14,22-23,25-26,28,31,40-43H,5-6,15-21,24,27H2,1-4H3,(H,54,56)(H,55,57)(H,58,64)(H,59,65)/t40-,41-,42?,43?/m0/s1. The minimum Gasteiger partial charge on any atom is -0.453 e. The van der Waals surface area contributed by atoms with Crippen molar-refractivity contribution < 1.29 is 42.2 Å². The van der Waals surface area contributed by atoms with Crippen LogP contribution in [0.5, 0.6) is 0 Å². The molecular formula is C51H56F2N8O7. The lowest BCUT2D eigenvalue weighted by Crippen LogP contribution is -2.53. The zero-order chi connectivity index (χ0) is 47.5. The fraction of sp³-hybridized carbons (Fsp3) is 0.451. The van der Waals surface area contributed by atoms with E-state index in [1.165, 1.54) is 20.3 Å². The number of amides is 4. The number of alkyl carbamates (subject to hydrolysis) is 2. The Bertz CT molecular complexity index is 2740. The second kappa shape index (κ2) is 17.8. The Morgan fingerprint density at radius 3 is 1.94 bits per heavy atom. The summed E-state index contributed by atoms with van der Waals surface area (Å²) in [4.78, 5) is 72.2. The van der Waals surface area contributed by atoms with Gasteiger partial charge in [0.15, 0.2) is 0 Å². The van der Waals surface area contributed by atoms with Gasteiger partial charge < -0.3 is 44.6 Å². The number of alkyl halides is 2. The molecule has 4 amide bonds. The van der Waals surface area contributed by atoms with Gasteiger partial charge in [-0.2, -0.15) is 8.78 Å². The van der Waals surface area contributed by atoms with Gasteiger partial charge in [-0.1, -0.05) is 62.4 Å². The lowest BCUT2D eigenvalue weighted by molar-refractivity contribution is -0.137. The van der Waals surface area contributed by atoms with E-state index < -0.39 is 30.2 Å². The molecule has 0 bridgehead atoms. The Hall–Kier alpha value is -6.62. The number of benzene rings is 3. The summed E-state index contributed by atoms with van der Waals surface area (Å²) in [6.07, 6.45) is 7.61. The number of ether oxygens (including phenoxy) is 3. The maximum Gasteiger partial charge on any atom is 0.407 e. The number of methoxy groups -OCH3 is 2. The van der Waals surface area contributed by atoms with E-state index in [0.717, 1.165) is 48.9 Å². The molecule has 5 heterocycles. The van der Waals surface area contributed by atoms with Crippen molar-refractivity contribution in [3.63, 3.8) is 0 Å². The van der Waals surface area contributed by atoms with Crippen molar-refractivity contribution in [2.24, 2.45) is 17.3 Å². The summed E-state index contributed by atoms with van der Waals surface area (Å²) in [6.45, 7) is 5.90. The maximum atomic E-state index is 16.6. The molecule has 3 aromatic carbocycles. The monoisotopic (exact) mass is 930 g/mol. The van der Waals surface area contributed by atoms with Crippen molar-refractivity contribution in [3.8, 4) is 44.8 Å². The van der Waals surface area contributed by atoms with Crippen LogP contribution < -0.4 is 10.6 Å². The first kappa shape index (κ1) is 45.2. The first-order valence-electron chi connectivity index (χ1n) is 23.5. The zero-order valence-corrected chi connectivity index (χ0v) is 38.6. The number of nitrogens with one attached hydrogen (secondary N) is 4. The van der Waals surface area contributed by atoms with Crippen molar-refractivity contribution in [2.75, 3.05) is 40.5 Å². The number of hydrogen-bond donors (Lipinski definition) is 4. The molecule has 4 fully saturated rings. The van der Waals surface area contributed by atoms with E-state index in [-0.39, 0.29) is 52.3 Å². The van der Waals surface area contributed by atoms with E-state index in [9.17, 15) is 19.2 Å². The Labute approximate surface area is 392 Å². The average molecular weight is 931 g/mol. The van der Waals surface area contributed by atoms with E-state index in [0.29, 0.717) is 78.7 Å². The number of imidazole rings is 2. The van der Waals surface area contributed by atoms with Crippen LogP contribution in [-0.2, 0) is 29.7 Å². The van der Waals surface area contributed by atoms with Crippen molar-refractivity contribution in [1.29, 1.82) is 0 Å². The van der Waals surface area contributed by atoms with Crippen molar-refractivity contribution in [3.05, 3.63) is 95.8 Å². The van der Waals surface area contributed by atoms with Crippen LogP contribution in [0.1, 0.15) is 93.7 Å². The molecule has 0 radical (unpaired) electrons. The number of aromatic nitrogens is 4. The number of carbonyl (C=O) groups is 4. The van der Waals surface area contributed by atoms with Crippen LogP contribution in [0, 0.1) is 17.3 Å². The Kier molecular flexibility index (Phi) is 11.8. The fourth-order valence-electron chi connectivity index (χ4n) is 10.8. The summed E-state index contributed by atoms with van der Waals surface area (Å²) in [5, 5.41) is 5.49. The molecule has 1 saturated carbocycles. The van der Waals surface area contributed by atoms with Gasteiger partial charge in [0.25, 0.3) is 5.92 Å². The predicted molar refractivity (Wildman–Crippen MR) is 247 cm³/mol. The topological polar surface area (TPSA) is 184 Å². The van der Waals surface area contributed by atoms with E-state index >= 15 is 8.78 Å². The fourth-order valence-corrected chi connectivity index (χ4v) is 10.8. The lowest BCUT2D eigenvalue weighted by atomic mass is 9.90. The van der Waals surface area contributed by atoms with Crippen LogP contribution >= 0.6 is 0 Å². The number of aromatic amines is 2. The summed E-state index contributed by atoms with van der Waals surface area (Å²) < 4.78 is 48.4. The SMILES string of the molecule is COC(=O)NC(C(=O)N1CC2(CC2)C[C@H]1c1ncc(-c2ccc3c(c2)C(F)(F)c2cc(-c4ccc(-c5cnc([C@@H]6CCCN6C(=O)C(NC(=O)OC)C6CCOCC6)[nH]5)cc4)ccc2-3)[nH]1)C(C)C. The highest BCUT2D eigenvalue weighted by Crippen LogP contribution is 2.59. The van der Waals surface area contributed by atoms with Crippen molar-refractivity contribution >= 4 is 24.0 Å². The third-order valence-electron chi connectivity index (χ3n) is 14.8. The van der Waals surface area contributed by atoms with Gasteiger partial charge in [-0.3, -0.25) is 9.59 Å². The van der Waals surface area contributed by atoms with Crippen LogP contribution in [0.4, 0.5) is 18.4 Å². The molecular weight excluding hydrogens is 875 g/mol. The highest BCUT2D eigenvalue weighted by molar-refractivity contribution is 5.88. The van der Waals surface area contributed by atoms with Gasteiger partial charge in [0.1, 0.15) is 23.7 Å². The maximum absolute atomic E-state index is 16.6. The number of carbonyl (C=O) groups excluding carboxylic acids is 4. The Morgan fingerprint density at radius 1 is 0.735 bits per heavy atom. The number of fused-ring (bicyclic) bond motifs is 3. The van der Waals surface area contributed by atoms with Crippen LogP contribution in [0.15, 0.2) is 73.1 Å². The number of nitrogens with zero attached hydrogens (tertiary/aromatic N) is 4. The molecule has 3 saturated heterocycles. The van der Waals surface area contributed by atoms with Gasteiger partial charge in [0.2, 0.25) is 11.8 Å². The lowest BCUT2D eigenvalue weighted by Gasteiger charge is -2.34. The molecule has 2 aromatic heterocycles. The third-order valence-corrected chi connectivity index (χ3v) is 14.8. The molecule has 356 valence electrons. The highest BCUT2D eigenvalue weighted by atomic mass is 19.3. The van der Waals surface area contributed by atoms with E-state index in [4.69, 9.17) is 24.2 Å². The summed E-state index contributed by atoms with van der Waals surface area (Å²) in [5.41, 5.74) is 4.94. The first-order chi connectivity index (χ1) is 32.8. The molecule has 4 N–H and O–H groups in total. The molecule has 2 aliphatic carbocycles. The van der Waals surface area contributed by atoms with Crippen LogP contribution in [0.25, 0.3) is 44.8 Å². The Balaban J connectivity index is 0.839. The quantitative estimate of drug-likeness (QED) is 0.101. The minimum absolute atomic E-state index is 0.0115. The summed E-state index contributed by atoms with van der Waals surface area (Å²) >= 11 is 0. The summed E-state index contributed by atoms with van der Waals surface area (Å²) in [5.74, 6) is -2.66. The first-order valence-corrected chi connectivity index (χ1v) is 23.5. The number of halogens is 2. The number of H-pyrrole nitrogens is 2. The molecule has 4 atom stereocenters. The molecule has 3 aliphatic heterocycles. The number of hydrogen-bond acceptors (Lipinski definition) is 9. The van der Waals surface area contributed by atoms with E-state index in [1.807, 2.05) is 50.2 Å². The van der Waals surface area contributed by atoms with Crippen LogP contribution in [-0.4, -0.2) is 106 Å². The molecule has 68 heavy (non-hydrogen) atoms. The summed E-state index contributed by atoms with van der Waals surface area (Å²) in [6, 6.07) is 15.8. The Morgan fingerprint density at radius 2 is 1.31 bits per heavy atom. The largest absolute Gasteiger partial charge is 0.453 e. The predicted octanol–water partition coefficient (Wildman–Crippen LogP) is 8.50. The van der Waals surface area contributed by atoms with Crippen LogP contribution in [0.3, 0.4) is 0 Å². The number of likely N-dealkylation sites (tertiary alicyclic amines) is 2. The van der Waals surface area contributed by atoms with Crippen LogP contribution in [0.2, 0.25) is 0 Å². The van der Waals surface area contributed by atoms with Gasteiger partial charge >= 0.3 is 12.2 Å². The summed E-state index contributed by atoms with van der Waals surface area (Å²) in [7, 11) is 2.55. The molecule has 5 aliphatic rings. The normalized spacial score (nSPS) is 21.0. The van der Waals surface area contributed by atoms with E-state index in [1.54, 1.807) is 40.4 Å². The minimum atomic E-state index is -3.27. The second-order valence-electron chi connectivity index (χ2n) is 19.3. The molecule has 5 aromatic rings.